The first-order valence-corrected chi connectivity index (χ1v) is 10.7. The number of benzene rings is 1. The maximum atomic E-state index is 13.7. The molecule has 4 heterocycles. The number of carbonyl (C=O) groups is 1. The maximum Gasteiger partial charge on any atom is 0.255 e. The minimum Gasteiger partial charge on any atom is -0.329 e. The molecule has 0 unspecified atom stereocenters. The van der Waals surface area contributed by atoms with Crippen molar-refractivity contribution in [1.82, 2.24) is 29.6 Å². The first-order chi connectivity index (χ1) is 15.2. The highest BCUT2D eigenvalue weighted by atomic mass is 16.2. The first-order valence-electron chi connectivity index (χ1n) is 10.7. The van der Waals surface area contributed by atoms with Gasteiger partial charge in [0.25, 0.3) is 5.91 Å². The van der Waals surface area contributed by atoms with E-state index in [0.29, 0.717) is 24.6 Å². The van der Waals surface area contributed by atoms with Crippen LogP contribution in [0.2, 0.25) is 0 Å². The number of pyridine rings is 2. The van der Waals surface area contributed by atoms with E-state index >= 15 is 0 Å². The lowest BCUT2D eigenvalue weighted by Crippen LogP contribution is -2.40. The van der Waals surface area contributed by atoms with E-state index in [1.54, 1.807) is 12.4 Å². The number of amides is 1. The quantitative estimate of drug-likeness (QED) is 0.511. The summed E-state index contributed by atoms with van der Waals surface area (Å²) >= 11 is 0. The molecular formula is C24H22N6O. The molecule has 1 fully saturated rings. The van der Waals surface area contributed by atoms with Gasteiger partial charge in [0.1, 0.15) is 5.82 Å². The van der Waals surface area contributed by atoms with Crippen molar-refractivity contribution in [3.8, 4) is 11.3 Å². The van der Waals surface area contributed by atoms with Gasteiger partial charge in [-0.3, -0.25) is 9.78 Å². The molecule has 0 radical (unpaired) electrons. The number of hydrogen-bond donors (Lipinski definition) is 0. The molecule has 7 nitrogen and oxygen atoms in total. The van der Waals surface area contributed by atoms with E-state index in [0.717, 1.165) is 33.8 Å². The van der Waals surface area contributed by atoms with Crippen LogP contribution in [0.5, 0.6) is 0 Å². The van der Waals surface area contributed by atoms with Crippen LogP contribution in [-0.2, 0) is 6.54 Å². The molecule has 1 aliphatic heterocycles. The third-order valence-electron chi connectivity index (χ3n) is 6.20. The molecule has 31 heavy (non-hydrogen) atoms. The number of aromatic nitrogens is 5. The number of hydrogen-bond acceptors (Lipinski definition) is 5. The van der Waals surface area contributed by atoms with Crippen LogP contribution in [0.3, 0.4) is 0 Å². The second kappa shape index (κ2) is 6.97. The van der Waals surface area contributed by atoms with E-state index in [2.05, 4.69) is 26.7 Å². The van der Waals surface area contributed by atoms with Gasteiger partial charge in [0.05, 0.1) is 29.4 Å². The van der Waals surface area contributed by atoms with Crippen molar-refractivity contribution >= 4 is 16.8 Å². The molecule has 1 saturated carbocycles. The molecule has 0 bridgehead atoms. The van der Waals surface area contributed by atoms with Gasteiger partial charge in [0.15, 0.2) is 5.82 Å². The lowest BCUT2D eigenvalue weighted by molar-refractivity contribution is 0.0681. The van der Waals surface area contributed by atoms with E-state index in [-0.39, 0.29) is 11.9 Å². The Balaban J connectivity index is 1.41. The van der Waals surface area contributed by atoms with Gasteiger partial charge in [-0.05, 0) is 44.0 Å². The van der Waals surface area contributed by atoms with Crippen LogP contribution in [0.4, 0.5) is 0 Å². The Morgan fingerprint density at radius 1 is 1.06 bits per heavy atom. The van der Waals surface area contributed by atoms with Crippen LogP contribution >= 0.6 is 0 Å². The minimum atomic E-state index is 0.00276. The van der Waals surface area contributed by atoms with Crippen molar-refractivity contribution in [3.05, 3.63) is 72.1 Å². The fraction of sp³-hybridized carbons (Fsp3) is 0.292. The third-order valence-corrected chi connectivity index (χ3v) is 6.20. The monoisotopic (exact) mass is 410 g/mol. The molecule has 7 heteroatoms. The summed E-state index contributed by atoms with van der Waals surface area (Å²) in [6.07, 6.45) is 5.86. The smallest absolute Gasteiger partial charge is 0.255 e. The molecule has 1 atom stereocenters. The Labute approximate surface area is 179 Å². The fourth-order valence-corrected chi connectivity index (χ4v) is 4.53. The van der Waals surface area contributed by atoms with Gasteiger partial charge in [-0.15, -0.1) is 10.2 Å². The maximum absolute atomic E-state index is 13.7. The second-order valence-electron chi connectivity index (χ2n) is 8.46. The largest absolute Gasteiger partial charge is 0.329 e. The lowest BCUT2D eigenvalue weighted by atomic mass is 10.0. The highest BCUT2D eigenvalue weighted by Crippen LogP contribution is 2.41. The topological polar surface area (TPSA) is 76.8 Å². The Kier molecular flexibility index (Phi) is 4.09. The first kappa shape index (κ1) is 18.2. The van der Waals surface area contributed by atoms with Crippen molar-refractivity contribution in [1.29, 1.82) is 0 Å². The van der Waals surface area contributed by atoms with E-state index in [4.69, 9.17) is 4.98 Å². The molecule has 0 N–H and O–H groups in total. The zero-order chi connectivity index (χ0) is 20.9. The van der Waals surface area contributed by atoms with Crippen LogP contribution in [-0.4, -0.2) is 42.1 Å². The third kappa shape index (κ3) is 3.08. The normalized spacial score (nSPS) is 18.2. The van der Waals surface area contributed by atoms with Crippen molar-refractivity contribution in [2.24, 2.45) is 0 Å². The number of fused-ring (bicyclic) bond motifs is 2. The zero-order valence-corrected chi connectivity index (χ0v) is 17.3. The average Bonchev–Trinajstić information content (AvgIpc) is 3.57. The number of rotatable bonds is 3. The van der Waals surface area contributed by atoms with Crippen LogP contribution in [0.15, 0.2) is 54.9 Å². The molecule has 3 aromatic heterocycles. The minimum absolute atomic E-state index is 0.00276. The predicted molar refractivity (Wildman–Crippen MR) is 116 cm³/mol. The average molecular weight is 410 g/mol. The summed E-state index contributed by atoms with van der Waals surface area (Å²) in [5.41, 5.74) is 3.19. The molecule has 1 aromatic carbocycles. The molecular weight excluding hydrogens is 388 g/mol. The highest BCUT2D eigenvalue weighted by Gasteiger charge is 2.36. The summed E-state index contributed by atoms with van der Waals surface area (Å²) in [7, 11) is 0. The van der Waals surface area contributed by atoms with Gasteiger partial charge < -0.3 is 9.47 Å². The summed E-state index contributed by atoms with van der Waals surface area (Å²) in [6.45, 7) is 3.26. The number of carbonyl (C=O) groups excluding carboxylic acids is 1. The molecule has 2 aliphatic rings. The molecule has 4 aromatic rings. The number of para-hydroxylation sites is 1. The van der Waals surface area contributed by atoms with Gasteiger partial charge in [0.2, 0.25) is 0 Å². The second-order valence-corrected chi connectivity index (χ2v) is 8.46. The Hall–Kier alpha value is -3.61. The van der Waals surface area contributed by atoms with E-state index < -0.39 is 0 Å². The summed E-state index contributed by atoms with van der Waals surface area (Å²) in [5.74, 6) is 2.51. The van der Waals surface area contributed by atoms with Gasteiger partial charge in [-0.2, -0.15) is 0 Å². The van der Waals surface area contributed by atoms with Gasteiger partial charge in [-0.1, -0.05) is 18.2 Å². The SMILES string of the molecule is C[C@H]1CN(C(=O)c2cc(-c3ccncc3)nc3ccccc23)Cc2nnc(C3CC3)n21. The predicted octanol–water partition coefficient (Wildman–Crippen LogP) is 3.98. The Morgan fingerprint density at radius 2 is 1.87 bits per heavy atom. The zero-order valence-electron chi connectivity index (χ0n) is 17.3. The number of nitrogens with zero attached hydrogens (tertiary/aromatic N) is 6. The Bertz CT molecular complexity index is 1290. The fourth-order valence-electron chi connectivity index (χ4n) is 4.53. The van der Waals surface area contributed by atoms with E-state index in [1.165, 1.54) is 12.8 Å². The highest BCUT2D eigenvalue weighted by molar-refractivity contribution is 6.07. The summed E-state index contributed by atoms with van der Waals surface area (Å²) in [6, 6.07) is 13.7. The molecule has 6 rings (SSSR count). The molecule has 0 saturated heterocycles. The van der Waals surface area contributed by atoms with Gasteiger partial charge in [-0.25, -0.2) is 4.98 Å². The van der Waals surface area contributed by atoms with Gasteiger partial charge >= 0.3 is 0 Å². The van der Waals surface area contributed by atoms with Crippen molar-refractivity contribution in [2.45, 2.75) is 38.3 Å². The lowest BCUT2D eigenvalue weighted by Gasteiger charge is -2.33. The van der Waals surface area contributed by atoms with Crippen molar-refractivity contribution in [3.63, 3.8) is 0 Å². The van der Waals surface area contributed by atoms with Gasteiger partial charge in [0, 0.05) is 35.8 Å². The van der Waals surface area contributed by atoms with Crippen LogP contribution in [0.1, 0.15) is 53.7 Å². The molecule has 0 spiro atoms. The summed E-state index contributed by atoms with van der Waals surface area (Å²) < 4.78 is 2.24. The molecule has 1 aliphatic carbocycles. The standard InChI is InChI=1S/C24H22N6O/c1-15-13-29(14-22-27-28-23(30(15)22)17-6-7-17)24(31)19-12-21(16-8-10-25-11-9-16)26-20-5-3-2-4-18(19)20/h2-5,8-12,15,17H,6-7,13-14H2,1H3/t15-/m0/s1. The van der Waals surface area contributed by atoms with E-state index in [9.17, 15) is 4.79 Å². The van der Waals surface area contributed by atoms with Crippen LogP contribution < -0.4 is 0 Å². The summed E-state index contributed by atoms with van der Waals surface area (Å²) in [5, 5.41) is 9.73. The van der Waals surface area contributed by atoms with Crippen molar-refractivity contribution < 1.29 is 4.79 Å². The Morgan fingerprint density at radius 3 is 2.68 bits per heavy atom. The van der Waals surface area contributed by atoms with Crippen molar-refractivity contribution in [2.75, 3.05) is 6.54 Å². The van der Waals surface area contributed by atoms with Crippen LogP contribution in [0.25, 0.3) is 22.2 Å². The molecule has 1 amide bonds. The summed E-state index contributed by atoms with van der Waals surface area (Å²) in [4.78, 5) is 24.5. The van der Waals surface area contributed by atoms with Crippen LogP contribution in [0, 0.1) is 0 Å². The van der Waals surface area contributed by atoms with E-state index in [1.807, 2.05) is 47.4 Å². The molecule has 154 valence electrons.